The van der Waals surface area contributed by atoms with Gasteiger partial charge in [-0.1, -0.05) is 0 Å². The number of nitriles is 1. The number of nitrogen functional groups attached to an aromatic ring is 1. The first-order valence-corrected chi connectivity index (χ1v) is 9.35. The molecule has 2 aromatic rings. The monoisotopic (exact) mass is 435 g/mol. The van der Waals surface area contributed by atoms with Gasteiger partial charge in [-0.25, -0.2) is 19.1 Å². The Kier molecular flexibility index (Phi) is 6.42. The van der Waals surface area contributed by atoms with Crippen molar-refractivity contribution in [3.05, 3.63) is 24.2 Å². The van der Waals surface area contributed by atoms with Crippen molar-refractivity contribution in [3.8, 4) is 6.07 Å². The first-order chi connectivity index (χ1) is 14.9. The predicted molar refractivity (Wildman–Crippen MR) is 100 cm³/mol. The summed E-state index contributed by atoms with van der Waals surface area (Å²) >= 11 is 0. The van der Waals surface area contributed by atoms with Crippen molar-refractivity contribution >= 4 is 23.6 Å². The molecular weight excluding hydrogens is 414 g/mol. The summed E-state index contributed by atoms with van der Waals surface area (Å²) < 4.78 is 27.4. The Morgan fingerprint density at radius 3 is 2.58 bits per heavy atom. The van der Waals surface area contributed by atoms with E-state index in [1.165, 1.54) is 10.8 Å². The summed E-state index contributed by atoms with van der Waals surface area (Å²) in [6.07, 6.45) is -5.12. The maximum absolute atomic E-state index is 12.1. The van der Waals surface area contributed by atoms with Crippen LogP contribution in [0.15, 0.2) is 18.5 Å². The van der Waals surface area contributed by atoms with E-state index in [1.54, 1.807) is 26.0 Å². The zero-order valence-electron chi connectivity index (χ0n) is 16.8. The van der Waals surface area contributed by atoms with Crippen LogP contribution >= 0.6 is 0 Å². The van der Waals surface area contributed by atoms with E-state index in [1.807, 2.05) is 6.07 Å². The van der Waals surface area contributed by atoms with Crippen molar-refractivity contribution < 1.29 is 38.4 Å². The first-order valence-electron chi connectivity index (χ1n) is 9.35. The van der Waals surface area contributed by atoms with Crippen LogP contribution in [0.5, 0.6) is 0 Å². The molecule has 3 heterocycles. The smallest absolute Gasteiger partial charge is 0.435 e. The van der Waals surface area contributed by atoms with Gasteiger partial charge < -0.3 is 34.5 Å². The molecule has 0 spiro atoms. The molecule has 4 atom stereocenters. The van der Waals surface area contributed by atoms with Crippen LogP contribution in [0.2, 0.25) is 0 Å². The zero-order chi connectivity index (χ0) is 22.6. The minimum absolute atomic E-state index is 0.00253. The average Bonchev–Trinajstić information content (AvgIpc) is 3.30. The van der Waals surface area contributed by atoms with E-state index in [4.69, 9.17) is 29.4 Å². The summed E-state index contributed by atoms with van der Waals surface area (Å²) in [5.41, 5.74) is 4.54. The van der Waals surface area contributed by atoms with E-state index in [0.29, 0.717) is 11.2 Å². The molecule has 1 aliphatic rings. The molecule has 1 aliphatic heterocycles. The van der Waals surface area contributed by atoms with Crippen LogP contribution in [-0.4, -0.2) is 69.6 Å². The SMILES string of the molecule is CCOC(=O)O[C@H]1[C@H](c2ccc3c(N)ncnn23)O[C@](C#N)(CO)[C@H]1OC(=O)OCC. The lowest BCUT2D eigenvalue weighted by Crippen LogP contribution is -2.49. The highest BCUT2D eigenvalue weighted by molar-refractivity contribution is 5.66. The van der Waals surface area contributed by atoms with Crippen molar-refractivity contribution in [2.24, 2.45) is 0 Å². The maximum atomic E-state index is 12.1. The van der Waals surface area contributed by atoms with Crippen LogP contribution in [0.4, 0.5) is 15.4 Å². The Morgan fingerprint density at radius 2 is 1.97 bits per heavy atom. The van der Waals surface area contributed by atoms with Gasteiger partial charge in [0.2, 0.25) is 5.60 Å². The number of nitrogens with two attached hydrogens (primary N) is 1. The third-order valence-corrected chi connectivity index (χ3v) is 4.60. The molecule has 0 aromatic carbocycles. The number of carbonyl (C=O) groups excluding carboxylic acids is 2. The van der Waals surface area contributed by atoms with Crippen LogP contribution < -0.4 is 5.73 Å². The Hall–Kier alpha value is -3.63. The van der Waals surface area contributed by atoms with Gasteiger partial charge >= 0.3 is 12.3 Å². The third-order valence-electron chi connectivity index (χ3n) is 4.60. The van der Waals surface area contributed by atoms with Crippen LogP contribution in [0.25, 0.3) is 5.52 Å². The number of aromatic nitrogens is 3. The Balaban J connectivity index is 2.09. The molecular formula is C18H21N5O8. The highest BCUT2D eigenvalue weighted by Gasteiger charge is 2.61. The first kappa shape index (κ1) is 22.1. The van der Waals surface area contributed by atoms with Gasteiger partial charge in [-0.2, -0.15) is 10.4 Å². The summed E-state index contributed by atoms with van der Waals surface area (Å²) in [5.74, 6) is 0.176. The second-order valence-electron chi connectivity index (χ2n) is 6.39. The molecule has 2 aromatic heterocycles. The Morgan fingerprint density at radius 1 is 1.29 bits per heavy atom. The van der Waals surface area contributed by atoms with Crippen LogP contribution in [0, 0.1) is 11.3 Å². The van der Waals surface area contributed by atoms with Gasteiger partial charge in [-0.05, 0) is 26.0 Å². The molecule has 3 rings (SSSR count). The molecule has 0 radical (unpaired) electrons. The van der Waals surface area contributed by atoms with Gasteiger partial charge in [-0.3, -0.25) is 0 Å². The topological polar surface area (TPSA) is 181 Å². The van der Waals surface area contributed by atoms with Crippen molar-refractivity contribution in [2.75, 3.05) is 25.6 Å². The van der Waals surface area contributed by atoms with Crippen molar-refractivity contribution in [1.82, 2.24) is 14.6 Å². The molecule has 0 amide bonds. The van der Waals surface area contributed by atoms with Gasteiger partial charge in [0.1, 0.15) is 24.0 Å². The molecule has 166 valence electrons. The lowest BCUT2D eigenvalue weighted by atomic mass is 9.95. The lowest BCUT2D eigenvalue weighted by Gasteiger charge is -2.26. The van der Waals surface area contributed by atoms with Gasteiger partial charge in [0.25, 0.3) is 0 Å². The fourth-order valence-corrected chi connectivity index (χ4v) is 3.26. The van der Waals surface area contributed by atoms with E-state index in [9.17, 15) is 20.0 Å². The highest BCUT2D eigenvalue weighted by Crippen LogP contribution is 2.44. The Bertz CT molecular complexity index is 1000. The number of nitrogens with zero attached hydrogens (tertiary/aromatic N) is 4. The number of aliphatic hydroxyl groups is 1. The summed E-state index contributed by atoms with van der Waals surface area (Å²) in [6.45, 7) is 2.28. The van der Waals surface area contributed by atoms with E-state index in [-0.39, 0.29) is 19.0 Å². The third kappa shape index (κ3) is 4.03. The molecule has 1 saturated heterocycles. The van der Waals surface area contributed by atoms with Gasteiger partial charge in [0.05, 0.1) is 25.5 Å². The molecule has 13 nitrogen and oxygen atoms in total. The number of hydrogen-bond donors (Lipinski definition) is 2. The maximum Gasteiger partial charge on any atom is 0.508 e. The predicted octanol–water partition coefficient (Wildman–Crippen LogP) is 0.721. The van der Waals surface area contributed by atoms with Crippen molar-refractivity contribution in [2.45, 2.75) is 37.8 Å². The van der Waals surface area contributed by atoms with E-state index in [0.717, 1.165) is 0 Å². The van der Waals surface area contributed by atoms with E-state index < -0.39 is 42.8 Å². The van der Waals surface area contributed by atoms with E-state index >= 15 is 0 Å². The van der Waals surface area contributed by atoms with Crippen LogP contribution in [-0.2, 0) is 23.7 Å². The number of carbonyl (C=O) groups is 2. The Labute approximate surface area is 176 Å². The largest absolute Gasteiger partial charge is 0.508 e. The second-order valence-corrected chi connectivity index (χ2v) is 6.39. The normalized spacial score (nSPS) is 25.0. The number of anilines is 1. The molecule has 0 unspecified atom stereocenters. The van der Waals surface area contributed by atoms with Crippen LogP contribution in [0.1, 0.15) is 25.6 Å². The molecule has 0 aliphatic carbocycles. The quantitative estimate of drug-likeness (QED) is 0.608. The fourth-order valence-electron chi connectivity index (χ4n) is 3.26. The van der Waals surface area contributed by atoms with Gasteiger partial charge in [0, 0.05) is 0 Å². The number of hydrogen-bond acceptors (Lipinski definition) is 12. The van der Waals surface area contributed by atoms with Crippen LogP contribution in [0.3, 0.4) is 0 Å². The molecule has 13 heteroatoms. The zero-order valence-corrected chi connectivity index (χ0v) is 16.8. The standard InChI is InChI=1S/C18H21N5O8/c1-3-27-16(25)29-13-12(10-5-6-11-15(20)21-9-22-23(10)11)31-18(7-19,8-24)14(13)30-17(26)28-4-2/h5-6,9,12-14,24H,3-4,8H2,1-2H3,(H2,20,21,22)/t12-,13-,14-,18+/m0/s1. The molecule has 0 bridgehead atoms. The summed E-state index contributed by atoms with van der Waals surface area (Å²) in [5, 5.41) is 23.8. The van der Waals surface area contributed by atoms with Crippen molar-refractivity contribution in [3.63, 3.8) is 0 Å². The van der Waals surface area contributed by atoms with Gasteiger partial charge in [0.15, 0.2) is 18.0 Å². The number of ether oxygens (including phenoxy) is 5. The number of fused-ring (bicyclic) bond motifs is 1. The lowest BCUT2D eigenvalue weighted by molar-refractivity contribution is -0.0878. The number of aliphatic hydroxyl groups excluding tert-OH is 1. The van der Waals surface area contributed by atoms with Crippen molar-refractivity contribution in [1.29, 1.82) is 5.26 Å². The number of rotatable bonds is 6. The molecule has 0 saturated carbocycles. The minimum Gasteiger partial charge on any atom is -0.435 e. The summed E-state index contributed by atoms with van der Waals surface area (Å²) in [4.78, 5) is 28.0. The molecule has 31 heavy (non-hydrogen) atoms. The molecule has 1 fully saturated rings. The highest BCUT2D eigenvalue weighted by atomic mass is 16.8. The summed E-state index contributed by atoms with van der Waals surface area (Å²) in [7, 11) is 0. The van der Waals surface area contributed by atoms with Gasteiger partial charge in [-0.15, -0.1) is 0 Å². The average molecular weight is 435 g/mol. The summed E-state index contributed by atoms with van der Waals surface area (Å²) in [6, 6.07) is 4.97. The second kappa shape index (κ2) is 9.02. The van der Waals surface area contributed by atoms with E-state index in [2.05, 4.69) is 10.1 Å². The minimum atomic E-state index is -2.06. The fraction of sp³-hybridized carbons (Fsp3) is 0.500. The molecule has 3 N–H and O–H groups in total.